The molecule has 0 saturated carbocycles. The fraction of sp³-hybridized carbons (Fsp3) is 0.625. The number of carboxylic acids is 1. The Labute approximate surface area is 125 Å². The highest BCUT2D eigenvalue weighted by Crippen LogP contribution is 2.35. The number of hydrogen-bond acceptors (Lipinski definition) is 2. The van der Waals surface area contributed by atoms with Gasteiger partial charge in [-0.05, 0) is 32.6 Å². The number of unbranched alkanes of at least 4 members (excludes halogenated alkanes) is 2. The molecule has 0 heterocycles. The Hall–Kier alpha value is -1.09. The minimum atomic E-state index is -0.766. The Morgan fingerprint density at radius 1 is 1.30 bits per heavy atom. The largest absolute Gasteiger partial charge is 0.481 e. The molecule has 1 atom stereocenters. The van der Waals surface area contributed by atoms with E-state index in [2.05, 4.69) is 6.92 Å². The summed E-state index contributed by atoms with van der Waals surface area (Å²) in [7, 11) is 0. The molecule has 0 fully saturated rings. The lowest BCUT2D eigenvalue weighted by atomic mass is 9.90. The normalized spacial score (nSPS) is 21.1. The molecule has 0 bridgehead atoms. The molecule has 0 aromatic heterocycles. The van der Waals surface area contributed by atoms with E-state index in [1.54, 1.807) is 0 Å². The molecule has 1 rings (SSSR count). The number of aliphatic carboxylic acids is 1. The minimum absolute atomic E-state index is 0.0384. The molecule has 1 aliphatic carbocycles. The van der Waals surface area contributed by atoms with Crippen LogP contribution in [-0.2, 0) is 9.59 Å². The quantitative estimate of drug-likeness (QED) is 0.531. The van der Waals surface area contributed by atoms with E-state index in [0.29, 0.717) is 11.5 Å². The number of carboxylic acid groups (broad SMARTS) is 1. The second-order valence-electron chi connectivity index (χ2n) is 5.39. The maximum atomic E-state index is 12.1. The molecule has 0 aromatic rings. The van der Waals surface area contributed by atoms with E-state index in [4.69, 9.17) is 16.7 Å². The lowest BCUT2D eigenvalue weighted by molar-refractivity contribution is -0.137. The van der Waals surface area contributed by atoms with Crippen molar-refractivity contribution >= 4 is 23.4 Å². The van der Waals surface area contributed by atoms with Crippen LogP contribution in [-0.4, -0.2) is 16.9 Å². The first-order valence-electron chi connectivity index (χ1n) is 7.30. The van der Waals surface area contributed by atoms with Crippen LogP contribution >= 0.6 is 11.6 Å². The summed E-state index contributed by atoms with van der Waals surface area (Å²) in [5.74, 6) is -0.657. The summed E-state index contributed by atoms with van der Waals surface area (Å²) in [6.07, 6.45) is 7.41. The lowest BCUT2D eigenvalue weighted by Crippen LogP contribution is -2.07. The molecule has 1 N–H and O–H groups in total. The van der Waals surface area contributed by atoms with Gasteiger partial charge in [0.15, 0.2) is 0 Å². The van der Waals surface area contributed by atoms with Crippen molar-refractivity contribution in [3.63, 3.8) is 0 Å². The van der Waals surface area contributed by atoms with Crippen molar-refractivity contribution < 1.29 is 14.7 Å². The fourth-order valence-electron chi connectivity index (χ4n) is 2.60. The molecule has 20 heavy (non-hydrogen) atoms. The monoisotopic (exact) mass is 298 g/mol. The van der Waals surface area contributed by atoms with Gasteiger partial charge in [-0.1, -0.05) is 43.0 Å². The van der Waals surface area contributed by atoms with Crippen molar-refractivity contribution in [3.8, 4) is 0 Å². The highest BCUT2D eigenvalue weighted by molar-refractivity contribution is 6.46. The van der Waals surface area contributed by atoms with Crippen molar-refractivity contribution in [2.45, 2.75) is 58.8 Å². The van der Waals surface area contributed by atoms with Gasteiger partial charge < -0.3 is 5.11 Å². The first-order valence-corrected chi connectivity index (χ1v) is 7.68. The van der Waals surface area contributed by atoms with Crippen molar-refractivity contribution in [1.82, 2.24) is 0 Å². The molecule has 4 heteroatoms. The molecule has 112 valence electrons. The molecule has 0 aliphatic heterocycles. The van der Waals surface area contributed by atoms with Gasteiger partial charge in [-0.25, -0.2) is 0 Å². The third-order valence-corrected chi connectivity index (χ3v) is 4.00. The van der Waals surface area contributed by atoms with Crippen LogP contribution < -0.4 is 0 Å². The number of carbonyl (C=O) groups is 2. The third-order valence-electron chi connectivity index (χ3n) is 3.70. The molecule has 0 radical (unpaired) electrons. The molecule has 3 nitrogen and oxygen atoms in total. The van der Waals surface area contributed by atoms with Gasteiger partial charge in [-0.3, -0.25) is 9.59 Å². The highest BCUT2D eigenvalue weighted by atomic mass is 35.5. The second-order valence-corrected chi connectivity index (χ2v) is 5.79. The number of allylic oxidation sites excluding steroid dienone is 4. The van der Waals surface area contributed by atoms with Gasteiger partial charge in [0.25, 0.3) is 0 Å². The number of Topliss-reactive ketones (excluding diaryl/α,β-unsaturated/α-hetero) is 1. The van der Waals surface area contributed by atoms with E-state index in [9.17, 15) is 9.59 Å². The van der Waals surface area contributed by atoms with E-state index < -0.39 is 5.97 Å². The van der Waals surface area contributed by atoms with E-state index in [-0.39, 0.29) is 18.1 Å². The van der Waals surface area contributed by atoms with Crippen molar-refractivity contribution in [2.24, 2.45) is 5.92 Å². The third kappa shape index (κ3) is 4.78. The number of rotatable bonds is 8. The number of carbonyl (C=O) groups excluding carboxylic acids is 1. The molecule has 0 amide bonds. The van der Waals surface area contributed by atoms with Gasteiger partial charge in [-0.2, -0.15) is 0 Å². The van der Waals surface area contributed by atoms with E-state index in [0.717, 1.165) is 43.3 Å². The average Bonchev–Trinajstić information content (AvgIpc) is 2.67. The van der Waals surface area contributed by atoms with E-state index in [1.165, 1.54) is 0 Å². The van der Waals surface area contributed by atoms with Crippen LogP contribution in [0, 0.1) is 5.92 Å². The Morgan fingerprint density at radius 2 is 1.95 bits per heavy atom. The summed E-state index contributed by atoms with van der Waals surface area (Å²) in [6.45, 7) is 4.10. The summed E-state index contributed by atoms with van der Waals surface area (Å²) in [6, 6.07) is 0. The van der Waals surface area contributed by atoms with Gasteiger partial charge >= 0.3 is 5.97 Å². The molecule has 0 saturated heterocycles. The predicted molar refractivity (Wildman–Crippen MR) is 80.8 cm³/mol. The van der Waals surface area contributed by atoms with Crippen LogP contribution in [0.5, 0.6) is 0 Å². The van der Waals surface area contributed by atoms with Crippen LogP contribution in [0.25, 0.3) is 0 Å². The topological polar surface area (TPSA) is 54.4 Å². The van der Waals surface area contributed by atoms with Gasteiger partial charge in [-0.15, -0.1) is 0 Å². The number of hydrogen-bond donors (Lipinski definition) is 1. The Bertz CT molecular complexity index is 435. The maximum Gasteiger partial charge on any atom is 0.303 e. The zero-order valence-corrected chi connectivity index (χ0v) is 13.0. The molecule has 0 aromatic carbocycles. The van der Waals surface area contributed by atoms with Crippen LogP contribution in [0.4, 0.5) is 0 Å². The number of halogens is 1. The average molecular weight is 299 g/mol. The molecular weight excluding hydrogens is 276 g/mol. The van der Waals surface area contributed by atoms with Crippen molar-refractivity contribution in [1.29, 1.82) is 0 Å². The van der Waals surface area contributed by atoms with Crippen LogP contribution in [0.2, 0.25) is 0 Å². The predicted octanol–water partition coefficient (Wildman–Crippen LogP) is 4.46. The minimum Gasteiger partial charge on any atom is -0.481 e. The summed E-state index contributed by atoms with van der Waals surface area (Å²) in [5.41, 5.74) is 1.91. The maximum absolute atomic E-state index is 12.1. The molecule has 1 unspecified atom stereocenters. The standard InChI is InChI=1S/C16H23ClO3/c1-3-4-8-12-10-13(17)16(20)15(12)11(2)7-5-6-9-14(18)19/h10,12H,3-9H2,1-2H3,(H,18,19). The van der Waals surface area contributed by atoms with Crippen LogP contribution in [0.1, 0.15) is 58.8 Å². The Balaban J connectivity index is 2.65. The SMILES string of the molecule is CCCCC1C=C(Cl)C(=O)C1=C(C)CCCCC(=O)O. The Kier molecular flexibility index (Phi) is 7.00. The van der Waals surface area contributed by atoms with Gasteiger partial charge in [0.2, 0.25) is 5.78 Å². The fourth-order valence-corrected chi connectivity index (χ4v) is 2.85. The number of ketones is 1. The van der Waals surface area contributed by atoms with Crippen LogP contribution in [0.3, 0.4) is 0 Å². The summed E-state index contributed by atoms with van der Waals surface area (Å²) in [4.78, 5) is 22.6. The van der Waals surface area contributed by atoms with Gasteiger partial charge in [0.05, 0.1) is 5.03 Å². The van der Waals surface area contributed by atoms with E-state index in [1.807, 2.05) is 13.0 Å². The highest BCUT2D eigenvalue weighted by Gasteiger charge is 2.29. The summed E-state index contributed by atoms with van der Waals surface area (Å²) >= 11 is 5.98. The van der Waals surface area contributed by atoms with Gasteiger partial charge in [0, 0.05) is 17.9 Å². The zero-order valence-electron chi connectivity index (χ0n) is 12.2. The van der Waals surface area contributed by atoms with Crippen LogP contribution in [0.15, 0.2) is 22.3 Å². The lowest BCUT2D eigenvalue weighted by Gasteiger charge is -2.13. The first-order chi connectivity index (χ1) is 9.47. The zero-order chi connectivity index (χ0) is 15.1. The summed E-state index contributed by atoms with van der Waals surface area (Å²) < 4.78 is 0. The van der Waals surface area contributed by atoms with Crippen molar-refractivity contribution in [3.05, 3.63) is 22.3 Å². The molecule has 1 aliphatic rings. The summed E-state index contributed by atoms with van der Waals surface area (Å²) in [5, 5.41) is 8.95. The first kappa shape index (κ1) is 17.0. The molecule has 0 spiro atoms. The van der Waals surface area contributed by atoms with Crippen molar-refractivity contribution in [2.75, 3.05) is 0 Å². The molecular formula is C16H23ClO3. The second kappa shape index (κ2) is 8.25. The smallest absolute Gasteiger partial charge is 0.303 e. The Morgan fingerprint density at radius 3 is 2.55 bits per heavy atom. The van der Waals surface area contributed by atoms with Gasteiger partial charge in [0.1, 0.15) is 0 Å². The van der Waals surface area contributed by atoms with E-state index >= 15 is 0 Å².